The van der Waals surface area contributed by atoms with Crippen LogP contribution in [0.2, 0.25) is 0 Å². The van der Waals surface area contributed by atoms with Crippen molar-refractivity contribution in [1.29, 1.82) is 0 Å². The number of aliphatic hydroxyl groups is 1. The maximum absolute atomic E-state index is 10.2. The quantitative estimate of drug-likeness (QED) is 0.531. The fourth-order valence-corrected chi connectivity index (χ4v) is 2.13. The number of ether oxygens (including phenoxy) is 1. The summed E-state index contributed by atoms with van der Waals surface area (Å²) in [5.41, 5.74) is 1.04. The molecule has 1 aromatic rings. The number of methoxy groups -OCH3 is 1. The molecular weight excluding hydrogens is 224 g/mol. The van der Waals surface area contributed by atoms with Gasteiger partial charge in [0, 0.05) is 7.11 Å². The summed E-state index contributed by atoms with van der Waals surface area (Å²) in [4.78, 5) is 0. The zero-order valence-electron chi connectivity index (χ0n) is 11.2. The molecule has 0 aliphatic carbocycles. The van der Waals surface area contributed by atoms with Crippen LogP contribution in [0.1, 0.15) is 43.8 Å². The van der Waals surface area contributed by atoms with Gasteiger partial charge in [0.1, 0.15) is 6.10 Å². The van der Waals surface area contributed by atoms with Gasteiger partial charge in [0.2, 0.25) is 0 Å². The zero-order chi connectivity index (χ0) is 13.2. The average molecular weight is 248 g/mol. The van der Waals surface area contributed by atoms with Crippen molar-refractivity contribution in [3.05, 3.63) is 48.6 Å². The largest absolute Gasteiger partial charge is 0.390 e. The Bertz CT molecular complexity index is 321. The zero-order valence-corrected chi connectivity index (χ0v) is 11.2. The van der Waals surface area contributed by atoms with E-state index in [9.17, 15) is 5.11 Å². The van der Waals surface area contributed by atoms with Gasteiger partial charge in [-0.25, -0.2) is 0 Å². The maximum atomic E-state index is 10.2. The maximum Gasteiger partial charge on any atom is 0.108 e. The van der Waals surface area contributed by atoms with E-state index in [1.54, 1.807) is 7.11 Å². The highest BCUT2D eigenvalue weighted by molar-refractivity contribution is 5.18. The SMILES string of the molecule is C=CCCCCCC(O)C(OC)c1ccccc1. The molecule has 1 rings (SSSR count). The first-order valence-electron chi connectivity index (χ1n) is 6.66. The van der Waals surface area contributed by atoms with E-state index in [-0.39, 0.29) is 6.10 Å². The van der Waals surface area contributed by atoms with Gasteiger partial charge in [-0.3, -0.25) is 0 Å². The van der Waals surface area contributed by atoms with Crippen LogP contribution in [0.3, 0.4) is 0 Å². The van der Waals surface area contributed by atoms with Crippen molar-refractivity contribution in [1.82, 2.24) is 0 Å². The minimum atomic E-state index is -0.430. The number of allylic oxidation sites excluding steroid dienone is 1. The lowest BCUT2D eigenvalue weighted by molar-refractivity contribution is -0.0183. The van der Waals surface area contributed by atoms with E-state index >= 15 is 0 Å². The van der Waals surface area contributed by atoms with Crippen LogP contribution < -0.4 is 0 Å². The molecule has 1 N–H and O–H groups in total. The second-order valence-electron chi connectivity index (χ2n) is 4.56. The Balaban J connectivity index is 2.38. The van der Waals surface area contributed by atoms with Crippen LogP contribution in [0.15, 0.2) is 43.0 Å². The molecule has 2 heteroatoms. The van der Waals surface area contributed by atoms with E-state index in [2.05, 4.69) is 6.58 Å². The fraction of sp³-hybridized carbons (Fsp3) is 0.500. The number of rotatable bonds is 9. The van der Waals surface area contributed by atoms with Gasteiger partial charge in [-0.15, -0.1) is 6.58 Å². The van der Waals surface area contributed by atoms with Crippen molar-refractivity contribution in [3.8, 4) is 0 Å². The van der Waals surface area contributed by atoms with Crippen molar-refractivity contribution in [2.45, 2.75) is 44.3 Å². The first-order valence-corrected chi connectivity index (χ1v) is 6.66. The standard InChI is InChI=1S/C16H24O2/c1-3-4-5-6-10-13-15(17)16(18-2)14-11-8-7-9-12-14/h3,7-9,11-12,15-17H,1,4-6,10,13H2,2H3. The lowest BCUT2D eigenvalue weighted by Crippen LogP contribution is -2.20. The van der Waals surface area contributed by atoms with Crippen molar-refractivity contribution >= 4 is 0 Å². The van der Waals surface area contributed by atoms with E-state index in [4.69, 9.17) is 4.74 Å². The Morgan fingerprint density at radius 2 is 1.94 bits per heavy atom. The molecule has 0 bridgehead atoms. The molecule has 0 aliphatic rings. The Morgan fingerprint density at radius 1 is 1.22 bits per heavy atom. The Labute approximate surface area is 110 Å². The van der Waals surface area contributed by atoms with Crippen LogP contribution in [0.4, 0.5) is 0 Å². The molecule has 2 atom stereocenters. The normalized spacial score (nSPS) is 14.1. The van der Waals surface area contributed by atoms with E-state index < -0.39 is 6.10 Å². The predicted molar refractivity (Wildman–Crippen MR) is 75.5 cm³/mol. The van der Waals surface area contributed by atoms with Crippen LogP contribution in [0.5, 0.6) is 0 Å². The molecule has 2 unspecified atom stereocenters. The summed E-state index contributed by atoms with van der Waals surface area (Å²) >= 11 is 0. The van der Waals surface area contributed by atoms with Crippen LogP contribution in [0.25, 0.3) is 0 Å². The first kappa shape index (κ1) is 14.9. The summed E-state index contributed by atoms with van der Waals surface area (Å²) < 4.78 is 5.41. The molecule has 0 aromatic heterocycles. The number of hydrogen-bond donors (Lipinski definition) is 1. The van der Waals surface area contributed by atoms with Gasteiger partial charge < -0.3 is 9.84 Å². The minimum absolute atomic E-state index is 0.217. The molecule has 100 valence electrons. The van der Waals surface area contributed by atoms with Gasteiger partial charge in [-0.05, 0) is 24.8 Å². The van der Waals surface area contributed by atoms with Gasteiger partial charge in [0.15, 0.2) is 0 Å². The molecule has 1 aromatic carbocycles. The van der Waals surface area contributed by atoms with Gasteiger partial charge in [-0.2, -0.15) is 0 Å². The molecule has 0 saturated heterocycles. The average Bonchev–Trinajstić information content (AvgIpc) is 2.40. The van der Waals surface area contributed by atoms with E-state index in [0.717, 1.165) is 37.7 Å². The Morgan fingerprint density at radius 3 is 2.56 bits per heavy atom. The van der Waals surface area contributed by atoms with Crippen LogP contribution >= 0.6 is 0 Å². The monoisotopic (exact) mass is 248 g/mol. The Kier molecular flexibility index (Phi) is 7.38. The highest BCUT2D eigenvalue weighted by Gasteiger charge is 2.19. The van der Waals surface area contributed by atoms with E-state index in [1.165, 1.54) is 0 Å². The number of hydrogen-bond acceptors (Lipinski definition) is 2. The summed E-state index contributed by atoms with van der Waals surface area (Å²) in [6.45, 7) is 3.71. The third-order valence-electron chi connectivity index (χ3n) is 3.14. The molecular formula is C16H24O2. The lowest BCUT2D eigenvalue weighted by atomic mass is 9.99. The molecule has 0 radical (unpaired) electrons. The second kappa shape index (κ2) is 8.90. The smallest absolute Gasteiger partial charge is 0.108 e. The lowest BCUT2D eigenvalue weighted by Gasteiger charge is -2.22. The number of benzene rings is 1. The van der Waals surface area contributed by atoms with Crippen molar-refractivity contribution in [2.75, 3.05) is 7.11 Å². The number of aliphatic hydroxyl groups excluding tert-OH is 1. The van der Waals surface area contributed by atoms with E-state index in [0.29, 0.717) is 0 Å². The van der Waals surface area contributed by atoms with Gasteiger partial charge in [0.05, 0.1) is 6.10 Å². The summed E-state index contributed by atoms with van der Waals surface area (Å²) in [6.07, 6.45) is 6.45. The first-order chi connectivity index (χ1) is 8.79. The summed E-state index contributed by atoms with van der Waals surface area (Å²) in [5.74, 6) is 0. The van der Waals surface area contributed by atoms with Crippen molar-refractivity contribution in [2.24, 2.45) is 0 Å². The number of unbranched alkanes of at least 4 members (excludes halogenated alkanes) is 3. The fourth-order valence-electron chi connectivity index (χ4n) is 2.13. The molecule has 0 spiro atoms. The summed E-state index contributed by atoms with van der Waals surface area (Å²) in [7, 11) is 1.65. The van der Waals surface area contributed by atoms with Gasteiger partial charge in [-0.1, -0.05) is 49.2 Å². The van der Waals surface area contributed by atoms with E-state index in [1.807, 2.05) is 36.4 Å². The second-order valence-corrected chi connectivity index (χ2v) is 4.56. The molecule has 0 amide bonds. The van der Waals surface area contributed by atoms with Crippen LogP contribution in [-0.2, 0) is 4.74 Å². The van der Waals surface area contributed by atoms with Crippen molar-refractivity contribution in [3.63, 3.8) is 0 Å². The molecule has 0 fully saturated rings. The highest BCUT2D eigenvalue weighted by Crippen LogP contribution is 2.23. The molecule has 0 saturated carbocycles. The minimum Gasteiger partial charge on any atom is -0.390 e. The Hall–Kier alpha value is -1.12. The third kappa shape index (κ3) is 5.03. The van der Waals surface area contributed by atoms with Gasteiger partial charge in [0.25, 0.3) is 0 Å². The molecule has 0 heterocycles. The predicted octanol–water partition coefficient (Wildman–Crippen LogP) is 3.87. The third-order valence-corrected chi connectivity index (χ3v) is 3.14. The topological polar surface area (TPSA) is 29.5 Å². The van der Waals surface area contributed by atoms with Crippen molar-refractivity contribution < 1.29 is 9.84 Å². The molecule has 2 nitrogen and oxygen atoms in total. The molecule has 0 aliphatic heterocycles. The summed E-state index contributed by atoms with van der Waals surface area (Å²) in [5, 5.41) is 10.2. The van der Waals surface area contributed by atoms with Crippen LogP contribution in [0, 0.1) is 0 Å². The van der Waals surface area contributed by atoms with Crippen LogP contribution in [-0.4, -0.2) is 18.3 Å². The molecule has 18 heavy (non-hydrogen) atoms. The highest BCUT2D eigenvalue weighted by atomic mass is 16.5. The summed E-state index contributed by atoms with van der Waals surface area (Å²) in [6, 6.07) is 9.90. The van der Waals surface area contributed by atoms with Gasteiger partial charge >= 0.3 is 0 Å².